The van der Waals surface area contributed by atoms with E-state index < -0.39 is 0 Å². The highest BCUT2D eigenvalue weighted by atomic mass is 16.2. The minimum atomic E-state index is -0.278. The van der Waals surface area contributed by atoms with Crippen LogP contribution in [0.3, 0.4) is 0 Å². The van der Waals surface area contributed by atoms with Gasteiger partial charge in [-0.1, -0.05) is 13.8 Å². The molecule has 1 aliphatic heterocycles. The van der Waals surface area contributed by atoms with Crippen molar-refractivity contribution >= 4 is 11.8 Å². The van der Waals surface area contributed by atoms with Gasteiger partial charge in [-0.25, -0.2) is 0 Å². The topological polar surface area (TPSA) is 49.4 Å². The van der Waals surface area contributed by atoms with Gasteiger partial charge in [0, 0.05) is 12.1 Å². The van der Waals surface area contributed by atoms with Crippen molar-refractivity contribution in [3.8, 4) is 0 Å². The Hall–Kier alpha value is -0.900. The number of hydrogen-bond donors (Lipinski definition) is 1. The summed E-state index contributed by atoms with van der Waals surface area (Å²) in [6.45, 7) is 6.24. The van der Waals surface area contributed by atoms with Crippen LogP contribution in [-0.4, -0.2) is 34.8 Å². The van der Waals surface area contributed by atoms with Crippen molar-refractivity contribution in [3.63, 3.8) is 0 Å². The normalized spacial score (nSPS) is 33.8. The molecule has 0 aromatic rings. The number of rotatable bonds is 4. The van der Waals surface area contributed by atoms with Gasteiger partial charge in [0.1, 0.15) is 0 Å². The van der Waals surface area contributed by atoms with Crippen molar-refractivity contribution in [1.29, 1.82) is 0 Å². The molecule has 4 heteroatoms. The van der Waals surface area contributed by atoms with Crippen molar-refractivity contribution in [2.75, 3.05) is 0 Å². The Labute approximate surface area is 115 Å². The molecule has 0 spiro atoms. The van der Waals surface area contributed by atoms with Gasteiger partial charge >= 0.3 is 0 Å². The van der Waals surface area contributed by atoms with Crippen LogP contribution in [0.2, 0.25) is 0 Å². The van der Waals surface area contributed by atoms with Gasteiger partial charge in [-0.2, -0.15) is 0 Å². The van der Waals surface area contributed by atoms with E-state index in [-0.39, 0.29) is 23.9 Å². The molecule has 2 atom stereocenters. The maximum atomic E-state index is 12.3. The zero-order valence-electron chi connectivity index (χ0n) is 12.3. The average molecular weight is 266 g/mol. The van der Waals surface area contributed by atoms with E-state index in [9.17, 15) is 9.59 Å². The molecular weight excluding hydrogens is 240 g/mol. The van der Waals surface area contributed by atoms with E-state index in [1.165, 1.54) is 17.7 Å². The van der Waals surface area contributed by atoms with Crippen LogP contribution in [0.15, 0.2) is 0 Å². The predicted octanol–water partition coefficient (Wildman–Crippen LogP) is 2.08. The summed E-state index contributed by atoms with van der Waals surface area (Å²) >= 11 is 0. The molecule has 1 aliphatic carbocycles. The molecule has 0 radical (unpaired) electrons. The second-order valence-corrected chi connectivity index (χ2v) is 6.24. The van der Waals surface area contributed by atoms with Gasteiger partial charge in [0.25, 0.3) is 0 Å². The highest BCUT2D eigenvalue weighted by molar-refractivity contribution is 6.05. The number of nitrogens with one attached hydrogen (secondary N) is 1. The summed E-state index contributed by atoms with van der Waals surface area (Å²) in [7, 11) is 0. The third kappa shape index (κ3) is 3.16. The van der Waals surface area contributed by atoms with Gasteiger partial charge in [-0.3, -0.25) is 14.5 Å². The molecule has 4 nitrogen and oxygen atoms in total. The molecule has 19 heavy (non-hydrogen) atoms. The van der Waals surface area contributed by atoms with E-state index in [0.29, 0.717) is 12.5 Å². The fourth-order valence-corrected chi connectivity index (χ4v) is 3.14. The third-order valence-electron chi connectivity index (χ3n) is 4.67. The highest BCUT2D eigenvalue weighted by Gasteiger charge is 2.41. The van der Waals surface area contributed by atoms with E-state index in [2.05, 4.69) is 12.2 Å². The maximum Gasteiger partial charge on any atom is 0.247 e. The summed E-state index contributed by atoms with van der Waals surface area (Å²) in [4.78, 5) is 25.7. The summed E-state index contributed by atoms with van der Waals surface area (Å²) in [6, 6.07) is 0.160. The second kappa shape index (κ2) is 6.04. The van der Waals surface area contributed by atoms with Crippen molar-refractivity contribution < 1.29 is 9.59 Å². The fourth-order valence-electron chi connectivity index (χ4n) is 3.14. The summed E-state index contributed by atoms with van der Waals surface area (Å²) in [5.41, 5.74) is 0. The summed E-state index contributed by atoms with van der Waals surface area (Å²) < 4.78 is 0. The maximum absolute atomic E-state index is 12.3. The first-order valence-electron chi connectivity index (χ1n) is 7.64. The Morgan fingerprint density at radius 2 is 1.89 bits per heavy atom. The molecule has 2 rings (SSSR count). The van der Waals surface area contributed by atoms with Crippen LogP contribution < -0.4 is 5.32 Å². The molecule has 0 aromatic heterocycles. The van der Waals surface area contributed by atoms with E-state index >= 15 is 0 Å². The predicted molar refractivity (Wildman–Crippen MR) is 74.6 cm³/mol. The van der Waals surface area contributed by atoms with Crippen molar-refractivity contribution in [2.24, 2.45) is 5.92 Å². The molecular formula is C15H26N2O2. The SMILES string of the molecule is CCC(C)N1C(=O)CC(NC2CCC(C)CC2)C1=O. The lowest BCUT2D eigenvalue weighted by Crippen LogP contribution is -2.46. The number of carbonyl (C=O) groups is 2. The fraction of sp³-hybridized carbons (Fsp3) is 0.867. The van der Waals surface area contributed by atoms with Crippen LogP contribution >= 0.6 is 0 Å². The zero-order valence-corrected chi connectivity index (χ0v) is 12.3. The Morgan fingerprint density at radius 1 is 1.26 bits per heavy atom. The summed E-state index contributed by atoms with van der Waals surface area (Å²) in [5, 5.41) is 3.42. The lowest BCUT2D eigenvalue weighted by Gasteiger charge is -2.29. The number of nitrogens with zero attached hydrogens (tertiary/aromatic N) is 1. The number of likely N-dealkylation sites (tertiary alicyclic amines) is 1. The third-order valence-corrected chi connectivity index (χ3v) is 4.67. The minimum Gasteiger partial charge on any atom is -0.303 e. The molecule has 2 fully saturated rings. The largest absolute Gasteiger partial charge is 0.303 e. The van der Waals surface area contributed by atoms with Gasteiger partial charge in [0.05, 0.1) is 12.5 Å². The second-order valence-electron chi connectivity index (χ2n) is 6.24. The molecule has 108 valence electrons. The lowest BCUT2D eigenvalue weighted by atomic mass is 9.87. The molecule has 1 heterocycles. The average Bonchev–Trinajstić information content (AvgIpc) is 2.66. The zero-order chi connectivity index (χ0) is 14.0. The summed E-state index contributed by atoms with van der Waals surface area (Å²) in [6.07, 6.45) is 5.87. The molecule has 0 bridgehead atoms. The Morgan fingerprint density at radius 3 is 2.47 bits per heavy atom. The molecule has 1 saturated heterocycles. The van der Waals surface area contributed by atoms with E-state index in [4.69, 9.17) is 0 Å². The number of imide groups is 1. The first-order valence-corrected chi connectivity index (χ1v) is 7.64. The Kier molecular flexibility index (Phi) is 4.61. The quantitative estimate of drug-likeness (QED) is 0.793. The van der Waals surface area contributed by atoms with Crippen molar-refractivity contribution in [3.05, 3.63) is 0 Å². The van der Waals surface area contributed by atoms with Gasteiger partial charge < -0.3 is 5.32 Å². The highest BCUT2D eigenvalue weighted by Crippen LogP contribution is 2.25. The molecule has 2 amide bonds. The van der Waals surface area contributed by atoms with E-state index in [0.717, 1.165) is 25.2 Å². The lowest BCUT2D eigenvalue weighted by molar-refractivity contribution is -0.141. The summed E-state index contributed by atoms with van der Waals surface area (Å²) in [5.74, 6) is 0.773. The van der Waals surface area contributed by atoms with E-state index in [1.54, 1.807) is 0 Å². The standard InChI is InChI=1S/C15H26N2O2/c1-4-11(3)17-14(18)9-13(15(17)19)16-12-7-5-10(2)6-8-12/h10-13,16H,4-9H2,1-3H3. The van der Waals surface area contributed by atoms with Crippen molar-refractivity contribution in [1.82, 2.24) is 10.2 Å². The molecule has 1 saturated carbocycles. The van der Waals surface area contributed by atoms with Crippen molar-refractivity contribution in [2.45, 2.75) is 77.4 Å². The smallest absolute Gasteiger partial charge is 0.247 e. The molecule has 2 aliphatic rings. The number of hydrogen-bond acceptors (Lipinski definition) is 3. The van der Waals surface area contributed by atoms with Gasteiger partial charge in [-0.15, -0.1) is 0 Å². The molecule has 1 N–H and O–H groups in total. The molecule has 2 unspecified atom stereocenters. The van der Waals surface area contributed by atoms with Gasteiger partial charge in [0.2, 0.25) is 11.8 Å². The van der Waals surface area contributed by atoms with Crippen LogP contribution in [0, 0.1) is 5.92 Å². The van der Waals surface area contributed by atoms with Crippen LogP contribution in [0.4, 0.5) is 0 Å². The Balaban J connectivity index is 1.92. The van der Waals surface area contributed by atoms with Gasteiger partial charge in [-0.05, 0) is 44.9 Å². The van der Waals surface area contributed by atoms with Crippen LogP contribution in [0.25, 0.3) is 0 Å². The molecule has 0 aromatic carbocycles. The van der Waals surface area contributed by atoms with Gasteiger partial charge in [0.15, 0.2) is 0 Å². The minimum absolute atomic E-state index is 0.0129. The Bertz CT molecular complexity index is 348. The monoisotopic (exact) mass is 266 g/mol. The van der Waals surface area contributed by atoms with E-state index in [1.807, 2.05) is 13.8 Å². The first kappa shape index (κ1) is 14.5. The van der Waals surface area contributed by atoms with Crippen LogP contribution in [-0.2, 0) is 9.59 Å². The first-order chi connectivity index (χ1) is 9.02. The van der Waals surface area contributed by atoms with Crippen LogP contribution in [0.5, 0.6) is 0 Å². The van der Waals surface area contributed by atoms with Crippen LogP contribution in [0.1, 0.15) is 59.3 Å². The number of carbonyl (C=O) groups excluding carboxylic acids is 2. The number of amides is 2.